The van der Waals surface area contributed by atoms with Crippen molar-refractivity contribution < 1.29 is 9.66 Å². The van der Waals surface area contributed by atoms with Crippen LogP contribution < -0.4 is 4.74 Å². The molecule has 0 fully saturated rings. The maximum Gasteiger partial charge on any atom is 0.312 e. The molecular weight excluding hydrogens is 250 g/mol. The maximum atomic E-state index is 10.7. The van der Waals surface area contributed by atoms with Crippen molar-refractivity contribution in [1.29, 1.82) is 0 Å². The summed E-state index contributed by atoms with van der Waals surface area (Å²) < 4.78 is 5.36. The van der Waals surface area contributed by atoms with Gasteiger partial charge in [-0.25, -0.2) is 0 Å². The quantitative estimate of drug-likeness (QED) is 0.503. The molecule has 0 aliphatic carbocycles. The first-order chi connectivity index (χ1) is 7.54. The van der Waals surface area contributed by atoms with Crippen molar-refractivity contribution >= 4 is 29.9 Å². The molecule has 6 heteroatoms. The lowest BCUT2D eigenvalue weighted by Gasteiger charge is -2.10. The van der Waals surface area contributed by atoms with E-state index < -0.39 is 4.92 Å². The summed E-state index contributed by atoms with van der Waals surface area (Å²) in [5.41, 5.74) is -0.112. The van der Waals surface area contributed by atoms with E-state index in [1.54, 1.807) is 6.07 Å². The van der Waals surface area contributed by atoms with Crippen LogP contribution in [-0.4, -0.2) is 17.3 Å². The van der Waals surface area contributed by atoms with E-state index in [-0.39, 0.29) is 17.4 Å². The van der Waals surface area contributed by atoms with Gasteiger partial charge in [-0.3, -0.25) is 10.1 Å². The van der Waals surface area contributed by atoms with Crippen molar-refractivity contribution in [1.82, 2.24) is 0 Å². The topological polar surface area (TPSA) is 52.4 Å². The van der Waals surface area contributed by atoms with Gasteiger partial charge in [-0.1, -0.05) is 18.5 Å². The number of halogens is 1. The third kappa shape index (κ3) is 3.57. The van der Waals surface area contributed by atoms with Crippen molar-refractivity contribution in [2.75, 3.05) is 12.4 Å². The largest absolute Gasteiger partial charge is 0.486 e. The van der Waals surface area contributed by atoms with Gasteiger partial charge in [0.25, 0.3) is 0 Å². The molecule has 1 atom stereocenters. The first kappa shape index (κ1) is 13.1. The summed E-state index contributed by atoms with van der Waals surface area (Å²) in [5, 5.41) is 11.1. The Morgan fingerprint density at radius 3 is 2.88 bits per heavy atom. The monoisotopic (exact) mass is 261 g/mol. The molecule has 1 aromatic carbocycles. The Labute approximate surface area is 104 Å². The molecule has 0 aromatic heterocycles. The van der Waals surface area contributed by atoms with Gasteiger partial charge in [-0.15, -0.1) is 0 Å². The summed E-state index contributed by atoms with van der Waals surface area (Å²) in [7, 11) is 0. The molecule has 4 nitrogen and oxygen atoms in total. The zero-order valence-corrected chi connectivity index (χ0v) is 10.4. The Balaban J connectivity index is 2.82. The van der Waals surface area contributed by atoms with Gasteiger partial charge in [0.05, 0.1) is 11.5 Å². The number of nitro groups is 1. The van der Waals surface area contributed by atoms with Crippen molar-refractivity contribution in [3.05, 3.63) is 33.3 Å². The Morgan fingerprint density at radius 1 is 1.62 bits per heavy atom. The smallest absolute Gasteiger partial charge is 0.312 e. The predicted octanol–water partition coefficient (Wildman–Crippen LogP) is 3.19. The molecule has 88 valence electrons. The van der Waals surface area contributed by atoms with E-state index in [0.717, 1.165) is 0 Å². The molecule has 1 rings (SSSR count). The van der Waals surface area contributed by atoms with E-state index in [9.17, 15) is 10.1 Å². The summed E-state index contributed by atoms with van der Waals surface area (Å²) in [4.78, 5) is 10.2. The van der Waals surface area contributed by atoms with Crippen LogP contribution in [0.4, 0.5) is 5.69 Å². The molecule has 0 N–H and O–H groups in total. The number of thiol groups is 1. The zero-order valence-electron chi connectivity index (χ0n) is 8.72. The molecule has 16 heavy (non-hydrogen) atoms. The van der Waals surface area contributed by atoms with Crippen LogP contribution in [0, 0.1) is 16.0 Å². The minimum absolute atomic E-state index is 0.112. The van der Waals surface area contributed by atoms with Crippen LogP contribution >= 0.6 is 24.2 Å². The molecule has 0 aliphatic heterocycles. The number of rotatable bonds is 5. The van der Waals surface area contributed by atoms with Gasteiger partial charge < -0.3 is 4.74 Å². The lowest BCUT2D eigenvalue weighted by molar-refractivity contribution is -0.385. The second-order valence-electron chi connectivity index (χ2n) is 3.47. The molecule has 0 radical (unpaired) electrons. The van der Waals surface area contributed by atoms with E-state index in [0.29, 0.717) is 17.4 Å². The first-order valence-corrected chi connectivity index (χ1v) is 5.73. The van der Waals surface area contributed by atoms with Crippen LogP contribution in [-0.2, 0) is 0 Å². The second kappa shape index (κ2) is 5.96. The number of nitrogens with zero attached hydrogens (tertiary/aromatic N) is 1. The maximum absolute atomic E-state index is 10.7. The number of hydrogen-bond donors (Lipinski definition) is 1. The molecule has 0 spiro atoms. The van der Waals surface area contributed by atoms with Gasteiger partial charge in [0.1, 0.15) is 0 Å². The number of hydrogen-bond acceptors (Lipinski definition) is 4. The van der Waals surface area contributed by atoms with Crippen LogP contribution in [0.3, 0.4) is 0 Å². The average Bonchev–Trinajstić information content (AvgIpc) is 2.26. The van der Waals surface area contributed by atoms with E-state index in [4.69, 9.17) is 16.3 Å². The third-order valence-electron chi connectivity index (χ3n) is 1.95. The standard InChI is InChI=1S/C10H12ClNO3S/c1-7(6-16)5-15-10-3-2-8(11)4-9(10)12(13)14/h2-4,7,16H,5-6H2,1H3. The molecule has 0 heterocycles. The lowest BCUT2D eigenvalue weighted by Crippen LogP contribution is -2.10. The summed E-state index contributed by atoms with van der Waals surface area (Å²) in [6.07, 6.45) is 0. The highest BCUT2D eigenvalue weighted by Crippen LogP contribution is 2.30. The molecule has 0 bridgehead atoms. The molecule has 1 aromatic rings. The number of ether oxygens (including phenoxy) is 1. The van der Waals surface area contributed by atoms with Crippen LogP contribution in [0.5, 0.6) is 5.75 Å². The summed E-state index contributed by atoms with van der Waals surface area (Å²) in [6.45, 7) is 2.35. The highest BCUT2D eigenvalue weighted by Gasteiger charge is 2.16. The van der Waals surface area contributed by atoms with E-state index in [1.165, 1.54) is 12.1 Å². The number of benzene rings is 1. The SMILES string of the molecule is CC(CS)COc1ccc(Cl)cc1[N+](=O)[O-]. The van der Waals surface area contributed by atoms with Gasteiger partial charge in [0, 0.05) is 11.1 Å². The highest BCUT2D eigenvalue weighted by atomic mass is 35.5. The second-order valence-corrected chi connectivity index (χ2v) is 4.27. The van der Waals surface area contributed by atoms with Crippen LogP contribution in [0.25, 0.3) is 0 Å². The van der Waals surface area contributed by atoms with Crippen LogP contribution in [0.2, 0.25) is 5.02 Å². The first-order valence-electron chi connectivity index (χ1n) is 4.72. The molecule has 0 aliphatic rings. The van der Waals surface area contributed by atoms with Gasteiger partial charge in [-0.2, -0.15) is 12.6 Å². The minimum Gasteiger partial charge on any atom is -0.486 e. The van der Waals surface area contributed by atoms with E-state index in [2.05, 4.69) is 12.6 Å². The van der Waals surface area contributed by atoms with Gasteiger partial charge in [0.15, 0.2) is 5.75 Å². The van der Waals surface area contributed by atoms with E-state index in [1.807, 2.05) is 6.92 Å². The summed E-state index contributed by atoms with van der Waals surface area (Å²) >= 11 is 9.79. The Bertz CT molecular complexity index is 386. The van der Waals surface area contributed by atoms with Gasteiger partial charge >= 0.3 is 5.69 Å². The lowest BCUT2D eigenvalue weighted by atomic mass is 10.2. The van der Waals surface area contributed by atoms with Gasteiger partial charge in [-0.05, 0) is 23.8 Å². The Morgan fingerprint density at radius 2 is 2.31 bits per heavy atom. The van der Waals surface area contributed by atoms with Crippen LogP contribution in [0.15, 0.2) is 18.2 Å². The molecule has 0 amide bonds. The zero-order chi connectivity index (χ0) is 12.1. The normalized spacial score (nSPS) is 12.2. The fraction of sp³-hybridized carbons (Fsp3) is 0.400. The summed E-state index contributed by atoms with van der Waals surface area (Å²) in [5.74, 6) is 1.14. The molecule has 0 saturated heterocycles. The van der Waals surface area contributed by atoms with E-state index >= 15 is 0 Å². The average molecular weight is 262 g/mol. The van der Waals surface area contributed by atoms with Crippen molar-refractivity contribution in [2.45, 2.75) is 6.92 Å². The molecular formula is C10H12ClNO3S. The third-order valence-corrected chi connectivity index (χ3v) is 2.81. The van der Waals surface area contributed by atoms with Crippen molar-refractivity contribution in [3.8, 4) is 5.75 Å². The highest BCUT2D eigenvalue weighted by molar-refractivity contribution is 7.80. The fourth-order valence-corrected chi connectivity index (χ4v) is 1.31. The predicted molar refractivity (Wildman–Crippen MR) is 66.6 cm³/mol. The fourth-order valence-electron chi connectivity index (χ4n) is 1.04. The van der Waals surface area contributed by atoms with Crippen molar-refractivity contribution in [2.24, 2.45) is 5.92 Å². The Hall–Kier alpha value is -0.940. The molecule has 1 unspecified atom stereocenters. The van der Waals surface area contributed by atoms with Gasteiger partial charge in [0.2, 0.25) is 0 Å². The van der Waals surface area contributed by atoms with Crippen molar-refractivity contribution in [3.63, 3.8) is 0 Å². The number of nitro benzene ring substituents is 1. The minimum atomic E-state index is -0.507. The Kier molecular flexibility index (Phi) is 4.89. The van der Waals surface area contributed by atoms with Crippen LogP contribution in [0.1, 0.15) is 6.92 Å². The summed E-state index contributed by atoms with van der Waals surface area (Å²) in [6, 6.07) is 4.35. The molecule has 0 saturated carbocycles.